The van der Waals surface area contributed by atoms with Gasteiger partial charge in [-0.15, -0.1) is 0 Å². The summed E-state index contributed by atoms with van der Waals surface area (Å²) >= 11 is 9.72. The average molecular weight is 338 g/mol. The van der Waals surface area contributed by atoms with Crippen LogP contribution in [-0.2, 0) is 7.05 Å². The van der Waals surface area contributed by atoms with Crippen LogP contribution in [0.4, 0.5) is 0 Å². The Kier molecular flexibility index (Phi) is 3.03. The summed E-state index contributed by atoms with van der Waals surface area (Å²) in [6, 6.07) is 3.80. The maximum atomic E-state index is 6.23. The minimum Gasteiger partial charge on any atom is -0.318 e. The van der Waals surface area contributed by atoms with Crippen molar-refractivity contribution < 1.29 is 0 Å². The summed E-state index contributed by atoms with van der Waals surface area (Å²) in [5.74, 6) is 0.655. The maximum absolute atomic E-state index is 6.23. The summed E-state index contributed by atoms with van der Waals surface area (Å²) in [6.45, 7) is 1.95. The lowest BCUT2D eigenvalue weighted by Crippen LogP contribution is -1.97. The van der Waals surface area contributed by atoms with Crippen LogP contribution in [0.5, 0.6) is 0 Å². The quantitative estimate of drug-likeness (QED) is 0.679. The summed E-state index contributed by atoms with van der Waals surface area (Å²) in [6.07, 6.45) is 3.48. The zero-order valence-corrected chi connectivity index (χ0v) is 12.7. The zero-order chi connectivity index (χ0) is 13.6. The summed E-state index contributed by atoms with van der Waals surface area (Å²) in [5.41, 5.74) is 2.59. The molecule has 0 radical (unpaired) electrons. The van der Waals surface area contributed by atoms with Gasteiger partial charge in [-0.1, -0.05) is 11.6 Å². The smallest absolute Gasteiger partial charge is 0.163 e. The third kappa shape index (κ3) is 1.93. The van der Waals surface area contributed by atoms with E-state index in [9.17, 15) is 0 Å². The highest BCUT2D eigenvalue weighted by Gasteiger charge is 2.17. The minimum atomic E-state index is 0.621. The SMILES string of the molecule is Cc1nc(-c2cccnc2)nc2c1c(Br)c(Cl)n2C. The number of rotatable bonds is 1. The lowest BCUT2D eigenvalue weighted by atomic mass is 10.2. The molecule has 0 fully saturated rings. The molecule has 0 aliphatic rings. The molecule has 0 spiro atoms. The van der Waals surface area contributed by atoms with Crippen LogP contribution in [0.25, 0.3) is 22.4 Å². The van der Waals surface area contributed by atoms with Crippen molar-refractivity contribution in [3.05, 3.63) is 39.8 Å². The van der Waals surface area contributed by atoms with Gasteiger partial charge in [0, 0.05) is 25.0 Å². The Labute approximate surface area is 123 Å². The number of nitrogens with zero attached hydrogens (tertiary/aromatic N) is 4. The molecule has 6 heteroatoms. The number of hydrogen-bond donors (Lipinski definition) is 0. The van der Waals surface area contributed by atoms with Gasteiger partial charge >= 0.3 is 0 Å². The van der Waals surface area contributed by atoms with Crippen LogP contribution in [0.3, 0.4) is 0 Å². The molecule has 3 aromatic rings. The predicted octanol–water partition coefficient (Wildman–Crippen LogP) is 3.75. The Morgan fingerprint density at radius 3 is 2.79 bits per heavy atom. The van der Waals surface area contributed by atoms with Crippen LogP contribution in [0.1, 0.15) is 5.69 Å². The standard InChI is InChI=1S/C13H10BrClN4/c1-7-9-10(14)11(15)19(2)13(9)18-12(17-7)8-4-3-5-16-6-8/h3-6H,1-2H3. The van der Waals surface area contributed by atoms with Gasteiger partial charge in [0.15, 0.2) is 5.82 Å². The van der Waals surface area contributed by atoms with E-state index in [1.165, 1.54) is 0 Å². The van der Waals surface area contributed by atoms with Crippen LogP contribution < -0.4 is 0 Å². The molecule has 0 N–H and O–H groups in total. The fraction of sp³-hybridized carbons (Fsp3) is 0.154. The van der Waals surface area contributed by atoms with Gasteiger partial charge in [0.05, 0.1) is 15.6 Å². The predicted molar refractivity (Wildman–Crippen MR) is 79.2 cm³/mol. The molecule has 96 valence electrons. The highest BCUT2D eigenvalue weighted by molar-refractivity contribution is 9.10. The molecule has 0 saturated carbocycles. The molecule has 0 amide bonds. The molecular weight excluding hydrogens is 328 g/mol. The fourth-order valence-electron chi connectivity index (χ4n) is 2.02. The van der Waals surface area contributed by atoms with Crippen molar-refractivity contribution in [3.8, 4) is 11.4 Å². The molecule has 0 bridgehead atoms. The highest BCUT2D eigenvalue weighted by Crippen LogP contribution is 2.35. The highest BCUT2D eigenvalue weighted by atomic mass is 79.9. The molecule has 0 atom stereocenters. The van der Waals surface area contributed by atoms with Gasteiger partial charge in [-0.25, -0.2) is 9.97 Å². The lowest BCUT2D eigenvalue weighted by molar-refractivity contribution is 0.942. The van der Waals surface area contributed by atoms with Crippen LogP contribution in [0.2, 0.25) is 5.15 Å². The third-order valence-electron chi connectivity index (χ3n) is 3.00. The monoisotopic (exact) mass is 336 g/mol. The summed E-state index contributed by atoms with van der Waals surface area (Å²) in [7, 11) is 1.88. The molecule has 19 heavy (non-hydrogen) atoms. The number of halogens is 2. The van der Waals surface area contributed by atoms with Crippen molar-refractivity contribution in [2.45, 2.75) is 6.92 Å². The first-order valence-electron chi connectivity index (χ1n) is 5.68. The third-order valence-corrected chi connectivity index (χ3v) is 4.45. The fourth-order valence-corrected chi connectivity index (χ4v) is 2.93. The van der Waals surface area contributed by atoms with Crippen LogP contribution in [0, 0.1) is 6.92 Å². The minimum absolute atomic E-state index is 0.621. The number of aromatic nitrogens is 4. The van der Waals surface area contributed by atoms with Gasteiger partial charge < -0.3 is 4.57 Å². The van der Waals surface area contributed by atoms with E-state index < -0.39 is 0 Å². The van der Waals surface area contributed by atoms with Crippen LogP contribution in [0.15, 0.2) is 29.0 Å². The second-order valence-electron chi connectivity index (χ2n) is 4.24. The Morgan fingerprint density at radius 1 is 1.32 bits per heavy atom. The number of aryl methyl sites for hydroxylation is 2. The average Bonchev–Trinajstić information content (AvgIpc) is 2.65. The van der Waals surface area contributed by atoms with Gasteiger partial charge in [0.2, 0.25) is 0 Å². The largest absolute Gasteiger partial charge is 0.318 e. The molecule has 0 aliphatic heterocycles. The zero-order valence-electron chi connectivity index (χ0n) is 10.4. The Morgan fingerprint density at radius 2 is 2.11 bits per heavy atom. The second-order valence-corrected chi connectivity index (χ2v) is 5.39. The van der Waals surface area contributed by atoms with E-state index in [0.717, 1.165) is 26.8 Å². The first kappa shape index (κ1) is 12.6. The van der Waals surface area contributed by atoms with Crippen molar-refractivity contribution >= 4 is 38.6 Å². The summed E-state index contributed by atoms with van der Waals surface area (Å²) in [5, 5.41) is 1.57. The van der Waals surface area contributed by atoms with E-state index in [1.807, 2.05) is 30.7 Å². The van der Waals surface area contributed by atoms with E-state index in [-0.39, 0.29) is 0 Å². The van der Waals surface area contributed by atoms with E-state index in [0.29, 0.717) is 11.0 Å². The van der Waals surface area contributed by atoms with Crippen molar-refractivity contribution in [1.29, 1.82) is 0 Å². The first-order chi connectivity index (χ1) is 9.09. The van der Waals surface area contributed by atoms with Gasteiger partial charge in [-0.05, 0) is 35.0 Å². The molecule has 3 aromatic heterocycles. The van der Waals surface area contributed by atoms with E-state index in [4.69, 9.17) is 11.6 Å². The molecule has 4 nitrogen and oxygen atoms in total. The number of hydrogen-bond acceptors (Lipinski definition) is 3. The summed E-state index contributed by atoms with van der Waals surface area (Å²) < 4.78 is 2.68. The Bertz CT molecular complexity index is 767. The lowest BCUT2D eigenvalue weighted by Gasteiger charge is -2.04. The molecule has 0 unspecified atom stereocenters. The van der Waals surface area contributed by atoms with Gasteiger partial charge in [0.25, 0.3) is 0 Å². The Balaban J connectivity index is 2.34. The van der Waals surface area contributed by atoms with Crippen molar-refractivity contribution in [3.63, 3.8) is 0 Å². The van der Waals surface area contributed by atoms with Crippen LogP contribution >= 0.6 is 27.5 Å². The van der Waals surface area contributed by atoms with Crippen molar-refractivity contribution in [2.24, 2.45) is 7.05 Å². The second kappa shape index (κ2) is 4.58. The summed E-state index contributed by atoms with van der Waals surface area (Å²) in [4.78, 5) is 13.2. The molecular formula is C13H10BrClN4. The molecule has 0 aliphatic carbocycles. The maximum Gasteiger partial charge on any atom is 0.163 e. The topological polar surface area (TPSA) is 43.6 Å². The Hall–Kier alpha value is -1.46. The first-order valence-corrected chi connectivity index (χ1v) is 6.85. The van der Waals surface area contributed by atoms with E-state index in [2.05, 4.69) is 30.9 Å². The number of pyridine rings is 1. The number of fused-ring (bicyclic) bond motifs is 1. The van der Waals surface area contributed by atoms with Crippen LogP contribution in [-0.4, -0.2) is 19.5 Å². The van der Waals surface area contributed by atoms with Crippen molar-refractivity contribution in [1.82, 2.24) is 19.5 Å². The van der Waals surface area contributed by atoms with Gasteiger partial charge in [-0.3, -0.25) is 4.98 Å². The normalized spacial score (nSPS) is 11.2. The molecule has 3 heterocycles. The molecule has 0 aromatic carbocycles. The van der Waals surface area contributed by atoms with Gasteiger partial charge in [0.1, 0.15) is 10.8 Å². The van der Waals surface area contributed by atoms with Crippen molar-refractivity contribution in [2.75, 3.05) is 0 Å². The molecule has 3 rings (SSSR count). The van der Waals surface area contributed by atoms with Gasteiger partial charge in [-0.2, -0.15) is 0 Å². The van der Waals surface area contributed by atoms with E-state index >= 15 is 0 Å². The van der Waals surface area contributed by atoms with E-state index in [1.54, 1.807) is 12.4 Å². The molecule has 0 saturated heterocycles.